The van der Waals surface area contributed by atoms with Crippen LogP contribution in [-0.2, 0) is 11.1 Å². The molecule has 1 atom stereocenters. The van der Waals surface area contributed by atoms with E-state index in [9.17, 15) is 8.76 Å². The second kappa shape index (κ2) is 4.17. The first-order valence-electron chi connectivity index (χ1n) is 3.07. The van der Waals surface area contributed by atoms with Crippen molar-refractivity contribution in [3.8, 4) is 0 Å². The highest BCUT2D eigenvalue weighted by atomic mass is 127. The van der Waals surface area contributed by atoms with Gasteiger partial charge in [-0.05, 0) is 58.3 Å². The van der Waals surface area contributed by atoms with Crippen molar-refractivity contribution in [2.45, 2.75) is 11.8 Å². The zero-order valence-electron chi connectivity index (χ0n) is 6.14. The van der Waals surface area contributed by atoms with E-state index in [0.717, 1.165) is 13.6 Å². The summed E-state index contributed by atoms with van der Waals surface area (Å²) in [4.78, 5) is 0.317. The molecule has 1 aromatic rings. The molecular formula is C7H5BrIO2S-. The molecule has 0 saturated carbocycles. The standard InChI is InChI=1S/C7H6BrIO2S/c1-4-6(8)2-5(12(10)11)3-7(4)9/h2-3H,1H3,(H,10,11)/p-1. The normalized spacial score (nSPS) is 13.0. The van der Waals surface area contributed by atoms with Crippen LogP contribution >= 0.6 is 38.5 Å². The Morgan fingerprint density at radius 2 is 2.17 bits per heavy atom. The van der Waals surface area contributed by atoms with Crippen molar-refractivity contribution in [1.29, 1.82) is 0 Å². The van der Waals surface area contributed by atoms with E-state index in [1.807, 2.05) is 6.92 Å². The Balaban J connectivity index is 3.31. The number of hydrogen-bond donors (Lipinski definition) is 0. The Morgan fingerprint density at radius 1 is 1.58 bits per heavy atom. The molecule has 0 aliphatic carbocycles. The van der Waals surface area contributed by atoms with Crippen LogP contribution in [0.1, 0.15) is 5.56 Å². The first-order valence-corrected chi connectivity index (χ1v) is 6.02. The Labute approximate surface area is 95.3 Å². The monoisotopic (exact) mass is 359 g/mol. The summed E-state index contributed by atoms with van der Waals surface area (Å²) in [5, 5.41) is 0. The third-order valence-electron chi connectivity index (χ3n) is 1.45. The molecule has 0 aliphatic heterocycles. The SMILES string of the molecule is Cc1c(Br)cc(S(=O)[O-])cc1I. The van der Waals surface area contributed by atoms with Crippen molar-refractivity contribution in [3.63, 3.8) is 0 Å². The zero-order valence-corrected chi connectivity index (χ0v) is 10.7. The van der Waals surface area contributed by atoms with Crippen molar-refractivity contribution in [2.75, 3.05) is 0 Å². The van der Waals surface area contributed by atoms with Crippen LogP contribution in [0.25, 0.3) is 0 Å². The maximum atomic E-state index is 10.6. The minimum atomic E-state index is -2.14. The highest BCUT2D eigenvalue weighted by Gasteiger charge is 2.02. The molecule has 12 heavy (non-hydrogen) atoms. The third-order valence-corrected chi connectivity index (χ3v) is 4.01. The molecule has 0 bridgehead atoms. The average molecular weight is 360 g/mol. The van der Waals surface area contributed by atoms with Crippen LogP contribution in [0.15, 0.2) is 21.5 Å². The maximum Gasteiger partial charge on any atom is 0.0270 e. The number of benzene rings is 1. The van der Waals surface area contributed by atoms with E-state index in [-0.39, 0.29) is 0 Å². The van der Waals surface area contributed by atoms with Crippen molar-refractivity contribution in [3.05, 3.63) is 25.7 Å². The van der Waals surface area contributed by atoms with E-state index in [0.29, 0.717) is 4.90 Å². The molecule has 1 unspecified atom stereocenters. The summed E-state index contributed by atoms with van der Waals surface area (Å²) in [6.07, 6.45) is 0. The Morgan fingerprint density at radius 3 is 2.58 bits per heavy atom. The van der Waals surface area contributed by atoms with Crippen LogP contribution in [-0.4, -0.2) is 8.76 Å². The number of hydrogen-bond acceptors (Lipinski definition) is 2. The maximum absolute atomic E-state index is 10.6. The molecule has 0 fully saturated rings. The van der Waals surface area contributed by atoms with Gasteiger partial charge in [0.1, 0.15) is 0 Å². The highest BCUT2D eigenvalue weighted by molar-refractivity contribution is 14.1. The van der Waals surface area contributed by atoms with Crippen molar-refractivity contribution in [1.82, 2.24) is 0 Å². The van der Waals surface area contributed by atoms with Gasteiger partial charge in [-0.25, -0.2) is 0 Å². The molecule has 0 aromatic heterocycles. The molecule has 0 heterocycles. The van der Waals surface area contributed by atoms with Crippen LogP contribution in [0.3, 0.4) is 0 Å². The van der Waals surface area contributed by atoms with Crippen LogP contribution in [0.5, 0.6) is 0 Å². The van der Waals surface area contributed by atoms with E-state index in [4.69, 9.17) is 0 Å². The molecule has 1 aromatic carbocycles. The van der Waals surface area contributed by atoms with Crippen molar-refractivity contribution in [2.24, 2.45) is 0 Å². The number of rotatable bonds is 1. The van der Waals surface area contributed by atoms with Gasteiger partial charge in [-0.15, -0.1) is 0 Å². The van der Waals surface area contributed by atoms with Crippen LogP contribution in [0.4, 0.5) is 0 Å². The molecule has 0 aliphatic rings. The fourth-order valence-corrected chi connectivity index (χ4v) is 2.97. The minimum Gasteiger partial charge on any atom is -0.768 e. The van der Waals surface area contributed by atoms with Crippen LogP contribution in [0.2, 0.25) is 0 Å². The largest absolute Gasteiger partial charge is 0.768 e. The van der Waals surface area contributed by atoms with E-state index in [2.05, 4.69) is 38.5 Å². The van der Waals surface area contributed by atoms with Gasteiger partial charge in [0.05, 0.1) is 0 Å². The fourth-order valence-electron chi connectivity index (χ4n) is 0.718. The summed E-state index contributed by atoms with van der Waals surface area (Å²) in [5.41, 5.74) is 1.06. The topological polar surface area (TPSA) is 40.1 Å². The van der Waals surface area contributed by atoms with Crippen LogP contribution < -0.4 is 0 Å². The second-order valence-electron chi connectivity index (χ2n) is 2.25. The molecule has 0 amide bonds. The zero-order chi connectivity index (χ0) is 9.30. The van der Waals surface area contributed by atoms with Gasteiger partial charge in [0, 0.05) is 12.9 Å². The molecule has 0 spiro atoms. The highest BCUT2D eigenvalue weighted by Crippen LogP contribution is 2.24. The van der Waals surface area contributed by atoms with Crippen molar-refractivity contribution >= 4 is 49.6 Å². The lowest BCUT2D eigenvalue weighted by Crippen LogP contribution is -1.92. The summed E-state index contributed by atoms with van der Waals surface area (Å²) >= 11 is 3.25. The van der Waals surface area contributed by atoms with Crippen LogP contribution in [0, 0.1) is 10.5 Å². The van der Waals surface area contributed by atoms with Crippen molar-refractivity contribution < 1.29 is 8.76 Å². The molecular weight excluding hydrogens is 355 g/mol. The van der Waals surface area contributed by atoms with Gasteiger partial charge in [0.2, 0.25) is 0 Å². The summed E-state index contributed by atoms with van der Waals surface area (Å²) in [5.74, 6) is 0. The lowest BCUT2D eigenvalue weighted by atomic mass is 10.2. The minimum absolute atomic E-state index is 0.317. The summed E-state index contributed by atoms with van der Waals surface area (Å²) in [6, 6.07) is 3.24. The smallest absolute Gasteiger partial charge is 0.0270 e. The first-order chi connectivity index (χ1) is 5.52. The summed E-state index contributed by atoms with van der Waals surface area (Å²) in [7, 11) is 0. The fraction of sp³-hybridized carbons (Fsp3) is 0.143. The molecule has 0 N–H and O–H groups in total. The van der Waals surface area contributed by atoms with E-state index >= 15 is 0 Å². The predicted octanol–water partition coefficient (Wildman–Crippen LogP) is 2.60. The van der Waals surface area contributed by atoms with E-state index < -0.39 is 11.1 Å². The second-order valence-corrected chi connectivity index (χ2v) is 5.20. The lowest BCUT2D eigenvalue weighted by molar-refractivity contribution is 0.537. The number of halogens is 2. The Kier molecular flexibility index (Phi) is 3.69. The summed E-state index contributed by atoms with van der Waals surface area (Å²) < 4.78 is 23.0. The average Bonchev–Trinajstić information content (AvgIpc) is 1.99. The molecule has 0 radical (unpaired) electrons. The Bertz CT molecular complexity index is 317. The molecule has 2 nitrogen and oxygen atoms in total. The van der Waals surface area contributed by atoms with E-state index in [1.165, 1.54) is 0 Å². The van der Waals surface area contributed by atoms with Gasteiger partial charge >= 0.3 is 0 Å². The third kappa shape index (κ3) is 2.27. The lowest BCUT2D eigenvalue weighted by Gasteiger charge is -2.08. The predicted molar refractivity (Wildman–Crippen MR) is 58.8 cm³/mol. The van der Waals surface area contributed by atoms with Gasteiger partial charge in [0.25, 0.3) is 0 Å². The molecule has 5 heteroatoms. The van der Waals surface area contributed by atoms with Gasteiger partial charge in [0.15, 0.2) is 0 Å². The van der Waals surface area contributed by atoms with Gasteiger partial charge in [-0.1, -0.05) is 15.9 Å². The summed E-state index contributed by atoms with van der Waals surface area (Å²) in [6.45, 7) is 1.93. The van der Waals surface area contributed by atoms with Gasteiger partial charge in [-0.2, -0.15) is 0 Å². The Hall–Kier alpha value is 0.540. The van der Waals surface area contributed by atoms with Gasteiger partial charge < -0.3 is 4.55 Å². The molecule has 0 saturated heterocycles. The quantitative estimate of drug-likeness (QED) is 0.571. The van der Waals surface area contributed by atoms with E-state index in [1.54, 1.807) is 12.1 Å². The first kappa shape index (κ1) is 10.6. The van der Waals surface area contributed by atoms with Gasteiger partial charge in [-0.3, -0.25) is 4.21 Å². The molecule has 1 rings (SSSR count). The molecule has 66 valence electrons.